The summed E-state index contributed by atoms with van der Waals surface area (Å²) in [4.78, 5) is 18.9. The first kappa shape index (κ1) is 15.9. The highest BCUT2D eigenvalue weighted by Crippen LogP contribution is 2.39. The number of carbonyl (C=O) groups is 1. The molecule has 1 aliphatic heterocycles. The SMILES string of the molecule is CC1CN(CCc2nc(C3CCC3)c(C(=O)O)s2)CC(C)O1. The zero-order valence-electron chi connectivity index (χ0n) is 13.2. The fourth-order valence-electron chi connectivity index (χ4n) is 3.32. The van der Waals surface area contributed by atoms with Crippen LogP contribution in [0.3, 0.4) is 0 Å². The lowest BCUT2D eigenvalue weighted by Gasteiger charge is -2.35. The summed E-state index contributed by atoms with van der Waals surface area (Å²) in [6, 6.07) is 0. The first-order valence-electron chi connectivity index (χ1n) is 8.13. The molecule has 22 heavy (non-hydrogen) atoms. The lowest BCUT2D eigenvalue weighted by Crippen LogP contribution is -2.46. The maximum Gasteiger partial charge on any atom is 0.347 e. The van der Waals surface area contributed by atoms with Crippen molar-refractivity contribution in [3.8, 4) is 0 Å². The molecule has 1 aliphatic carbocycles. The van der Waals surface area contributed by atoms with Crippen molar-refractivity contribution in [3.05, 3.63) is 15.6 Å². The van der Waals surface area contributed by atoms with Gasteiger partial charge in [0.2, 0.25) is 0 Å². The standard InChI is InChI=1S/C16H24N2O3S/c1-10-8-18(9-11(2)21-10)7-6-13-17-14(12-4-3-5-12)15(22-13)16(19)20/h10-12H,3-9H2,1-2H3,(H,19,20). The summed E-state index contributed by atoms with van der Waals surface area (Å²) in [5.74, 6) is -0.446. The van der Waals surface area contributed by atoms with Crippen LogP contribution in [0.25, 0.3) is 0 Å². The van der Waals surface area contributed by atoms with E-state index in [1.165, 1.54) is 17.8 Å². The minimum Gasteiger partial charge on any atom is -0.477 e. The number of rotatable bonds is 5. The number of hydrogen-bond acceptors (Lipinski definition) is 5. The van der Waals surface area contributed by atoms with Crippen molar-refractivity contribution < 1.29 is 14.6 Å². The molecule has 0 radical (unpaired) electrons. The highest BCUT2D eigenvalue weighted by atomic mass is 32.1. The molecule has 1 aromatic rings. The van der Waals surface area contributed by atoms with E-state index >= 15 is 0 Å². The van der Waals surface area contributed by atoms with Crippen LogP contribution in [0, 0.1) is 0 Å². The van der Waals surface area contributed by atoms with Crippen molar-refractivity contribution in [3.63, 3.8) is 0 Å². The second kappa shape index (κ2) is 6.64. The Hall–Kier alpha value is -0.980. The Labute approximate surface area is 135 Å². The van der Waals surface area contributed by atoms with Gasteiger partial charge in [-0.25, -0.2) is 9.78 Å². The molecule has 0 spiro atoms. The fourth-order valence-corrected chi connectivity index (χ4v) is 4.29. The summed E-state index contributed by atoms with van der Waals surface area (Å²) in [7, 11) is 0. The van der Waals surface area contributed by atoms with Crippen LogP contribution < -0.4 is 0 Å². The molecule has 2 atom stereocenters. The molecule has 2 unspecified atom stereocenters. The molecule has 1 saturated carbocycles. The maximum atomic E-state index is 11.4. The number of nitrogens with zero attached hydrogens (tertiary/aromatic N) is 2. The zero-order chi connectivity index (χ0) is 15.7. The van der Waals surface area contributed by atoms with Gasteiger partial charge in [-0.1, -0.05) is 6.42 Å². The van der Waals surface area contributed by atoms with Crippen LogP contribution in [0.1, 0.15) is 59.4 Å². The molecule has 122 valence electrons. The van der Waals surface area contributed by atoms with Crippen molar-refractivity contribution >= 4 is 17.3 Å². The van der Waals surface area contributed by atoms with Crippen LogP contribution >= 0.6 is 11.3 Å². The van der Waals surface area contributed by atoms with E-state index in [1.54, 1.807) is 0 Å². The molecule has 0 amide bonds. The van der Waals surface area contributed by atoms with Crippen molar-refractivity contribution in [1.29, 1.82) is 0 Å². The van der Waals surface area contributed by atoms with Crippen LogP contribution in [0.4, 0.5) is 0 Å². The minimum atomic E-state index is -0.820. The zero-order valence-corrected chi connectivity index (χ0v) is 14.1. The third-order valence-electron chi connectivity index (χ3n) is 4.52. The predicted octanol–water partition coefficient (Wildman–Crippen LogP) is 2.76. The van der Waals surface area contributed by atoms with Crippen molar-refractivity contribution in [2.75, 3.05) is 19.6 Å². The molecule has 5 nitrogen and oxygen atoms in total. The van der Waals surface area contributed by atoms with Gasteiger partial charge in [-0.15, -0.1) is 11.3 Å². The molecule has 0 aromatic carbocycles. The summed E-state index contributed by atoms with van der Waals surface area (Å²) < 4.78 is 5.74. The number of carboxylic acids is 1. The highest BCUT2D eigenvalue weighted by molar-refractivity contribution is 7.13. The number of carboxylic acid groups (broad SMARTS) is 1. The molecule has 2 heterocycles. The van der Waals surface area contributed by atoms with Gasteiger partial charge < -0.3 is 9.84 Å². The van der Waals surface area contributed by atoms with Crippen LogP contribution in [0.5, 0.6) is 0 Å². The van der Waals surface area contributed by atoms with Gasteiger partial charge in [0.15, 0.2) is 0 Å². The number of morpholine rings is 1. The van der Waals surface area contributed by atoms with Gasteiger partial charge in [-0.05, 0) is 26.7 Å². The minimum absolute atomic E-state index is 0.264. The smallest absolute Gasteiger partial charge is 0.347 e. The van der Waals surface area contributed by atoms with E-state index in [4.69, 9.17) is 4.74 Å². The Balaban J connectivity index is 1.63. The summed E-state index contributed by atoms with van der Waals surface area (Å²) in [6.45, 7) is 7.01. The summed E-state index contributed by atoms with van der Waals surface area (Å²) >= 11 is 1.37. The van der Waals surface area contributed by atoms with Gasteiger partial charge in [0, 0.05) is 32.0 Å². The molecule has 2 fully saturated rings. The second-order valence-corrected chi connectivity index (χ2v) is 7.61. The molecule has 6 heteroatoms. The van der Waals surface area contributed by atoms with E-state index in [1.807, 2.05) is 0 Å². The van der Waals surface area contributed by atoms with Crippen LogP contribution in [-0.4, -0.2) is 52.8 Å². The topological polar surface area (TPSA) is 62.7 Å². The van der Waals surface area contributed by atoms with E-state index in [9.17, 15) is 9.90 Å². The van der Waals surface area contributed by atoms with Crippen molar-refractivity contribution in [1.82, 2.24) is 9.88 Å². The summed E-state index contributed by atoms with van der Waals surface area (Å²) in [5, 5.41) is 10.3. The van der Waals surface area contributed by atoms with Gasteiger partial charge in [0.25, 0.3) is 0 Å². The molecule has 3 rings (SSSR count). The van der Waals surface area contributed by atoms with Gasteiger partial charge in [0.1, 0.15) is 4.88 Å². The van der Waals surface area contributed by atoms with E-state index < -0.39 is 5.97 Å². The first-order chi connectivity index (χ1) is 10.5. The number of aromatic nitrogens is 1. The summed E-state index contributed by atoms with van der Waals surface area (Å²) in [5.41, 5.74) is 0.836. The Bertz CT molecular complexity index is 531. The highest BCUT2D eigenvalue weighted by Gasteiger charge is 2.29. The molecular formula is C16H24N2O3S. The van der Waals surface area contributed by atoms with Gasteiger partial charge in [-0.3, -0.25) is 4.90 Å². The van der Waals surface area contributed by atoms with Gasteiger partial charge in [0.05, 0.1) is 22.9 Å². The first-order valence-corrected chi connectivity index (χ1v) is 8.95. The third kappa shape index (κ3) is 3.50. The average molecular weight is 324 g/mol. The van der Waals surface area contributed by atoms with Crippen molar-refractivity contribution in [2.24, 2.45) is 0 Å². The van der Waals surface area contributed by atoms with E-state index in [2.05, 4.69) is 23.7 Å². The van der Waals surface area contributed by atoms with E-state index in [0.29, 0.717) is 10.8 Å². The third-order valence-corrected chi connectivity index (χ3v) is 5.64. The Kier molecular flexibility index (Phi) is 4.80. The molecule has 1 saturated heterocycles. The van der Waals surface area contributed by atoms with Gasteiger partial charge >= 0.3 is 5.97 Å². The van der Waals surface area contributed by atoms with E-state index in [0.717, 1.165) is 49.6 Å². The number of thiazole rings is 1. The molecule has 2 aliphatic rings. The number of hydrogen-bond donors (Lipinski definition) is 1. The molecule has 0 bridgehead atoms. The van der Waals surface area contributed by atoms with Gasteiger partial charge in [-0.2, -0.15) is 0 Å². The second-order valence-electron chi connectivity index (χ2n) is 6.52. The van der Waals surface area contributed by atoms with E-state index in [-0.39, 0.29) is 12.2 Å². The Morgan fingerprint density at radius 2 is 2.05 bits per heavy atom. The van der Waals surface area contributed by atoms with Crippen LogP contribution in [-0.2, 0) is 11.2 Å². The molecule has 1 aromatic heterocycles. The monoisotopic (exact) mass is 324 g/mol. The van der Waals surface area contributed by atoms with Crippen molar-refractivity contribution in [2.45, 2.75) is 57.7 Å². The lowest BCUT2D eigenvalue weighted by molar-refractivity contribution is -0.0675. The molecule has 1 N–H and O–H groups in total. The predicted molar refractivity (Wildman–Crippen MR) is 85.8 cm³/mol. The molecular weight excluding hydrogens is 300 g/mol. The Morgan fingerprint density at radius 3 is 2.59 bits per heavy atom. The lowest BCUT2D eigenvalue weighted by atomic mass is 9.82. The maximum absolute atomic E-state index is 11.4. The van der Waals surface area contributed by atoms with Crippen LogP contribution in [0.15, 0.2) is 0 Å². The van der Waals surface area contributed by atoms with Crippen LogP contribution in [0.2, 0.25) is 0 Å². The number of ether oxygens (including phenoxy) is 1. The Morgan fingerprint density at radius 1 is 1.36 bits per heavy atom. The quantitative estimate of drug-likeness (QED) is 0.902. The summed E-state index contributed by atoms with van der Waals surface area (Å²) in [6.07, 6.45) is 4.72. The largest absolute Gasteiger partial charge is 0.477 e. The average Bonchev–Trinajstić information content (AvgIpc) is 2.77. The normalized spacial score (nSPS) is 26.8. The fraction of sp³-hybridized carbons (Fsp3) is 0.750. The number of aromatic carboxylic acids is 1.